The SMILES string of the molecule is C[Si](C)(C)/C(I)=C\C(F)(F)C(F)=C(F)F. The van der Waals surface area contributed by atoms with Gasteiger partial charge in [0.05, 0.1) is 8.07 Å². The van der Waals surface area contributed by atoms with Gasteiger partial charge in [-0.1, -0.05) is 42.2 Å². The highest BCUT2D eigenvalue weighted by Gasteiger charge is 2.38. The maximum Gasteiger partial charge on any atom is 0.323 e. The summed E-state index contributed by atoms with van der Waals surface area (Å²) in [5, 5.41) is 0. The van der Waals surface area contributed by atoms with Crippen LogP contribution in [0.25, 0.3) is 0 Å². The summed E-state index contributed by atoms with van der Waals surface area (Å²) < 4.78 is 61.8. The van der Waals surface area contributed by atoms with E-state index < -0.39 is 25.9 Å². The van der Waals surface area contributed by atoms with Crippen LogP contribution < -0.4 is 0 Å². The van der Waals surface area contributed by atoms with E-state index in [1.165, 1.54) is 0 Å². The van der Waals surface area contributed by atoms with Gasteiger partial charge in [0, 0.05) is 0 Å². The van der Waals surface area contributed by atoms with Gasteiger partial charge >= 0.3 is 12.0 Å². The molecule has 0 bridgehead atoms. The minimum atomic E-state index is -4.21. The quantitative estimate of drug-likeness (QED) is 0.384. The molecule has 0 amide bonds. The molecule has 0 aromatic heterocycles. The number of allylic oxidation sites excluding steroid dienone is 2. The predicted octanol–water partition coefficient (Wildman–Crippen LogP) is 4.90. The summed E-state index contributed by atoms with van der Waals surface area (Å²) in [5.74, 6) is -6.88. The van der Waals surface area contributed by atoms with Gasteiger partial charge in [-0.05, 0) is 9.28 Å². The first-order valence-corrected chi connectivity index (χ1v) is 8.54. The summed E-state index contributed by atoms with van der Waals surface area (Å²) in [6, 6.07) is 0. The third-order valence-corrected chi connectivity index (χ3v) is 8.23. The van der Waals surface area contributed by atoms with Crippen molar-refractivity contribution < 1.29 is 22.0 Å². The lowest BCUT2D eigenvalue weighted by molar-refractivity contribution is 0.0611. The first-order valence-electron chi connectivity index (χ1n) is 3.96. The molecule has 0 fully saturated rings. The standard InChI is InChI=1S/C8H10F5ISi/c1-15(2,3)5(14)4-8(12,13)6(9)7(10)11/h4H,1-3H3/b5-4-. The topological polar surface area (TPSA) is 0 Å². The average Bonchev–Trinajstić information content (AvgIpc) is 2.00. The largest absolute Gasteiger partial charge is 0.323 e. The van der Waals surface area contributed by atoms with Gasteiger partial charge < -0.3 is 0 Å². The third-order valence-electron chi connectivity index (χ3n) is 1.48. The molecule has 7 heteroatoms. The Balaban J connectivity index is 5.19. The van der Waals surface area contributed by atoms with Gasteiger partial charge in [0.25, 0.3) is 0 Å². The molecule has 0 aromatic carbocycles. The van der Waals surface area contributed by atoms with Crippen molar-refractivity contribution in [1.82, 2.24) is 0 Å². The lowest BCUT2D eigenvalue weighted by atomic mass is 10.3. The molecule has 0 unspecified atom stereocenters. The second-order valence-corrected chi connectivity index (χ2v) is 11.2. The van der Waals surface area contributed by atoms with Crippen molar-refractivity contribution in [3.63, 3.8) is 0 Å². The highest BCUT2D eigenvalue weighted by molar-refractivity contribution is 14.1. The molecule has 0 nitrogen and oxygen atoms in total. The van der Waals surface area contributed by atoms with Crippen molar-refractivity contribution >= 4 is 30.7 Å². The second kappa shape index (κ2) is 4.94. The van der Waals surface area contributed by atoms with Crippen LogP contribution >= 0.6 is 22.6 Å². The summed E-state index contributed by atoms with van der Waals surface area (Å²) in [7, 11) is -2.02. The Morgan fingerprint density at radius 2 is 1.53 bits per heavy atom. The minimum Gasteiger partial charge on any atom is -0.199 e. The number of rotatable bonds is 3. The van der Waals surface area contributed by atoms with Gasteiger partial charge in [0.1, 0.15) is 0 Å². The highest BCUT2D eigenvalue weighted by Crippen LogP contribution is 2.34. The maximum atomic E-state index is 12.9. The van der Waals surface area contributed by atoms with E-state index >= 15 is 0 Å². The van der Waals surface area contributed by atoms with Crippen LogP contribution in [0.4, 0.5) is 22.0 Å². The van der Waals surface area contributed by atoms with Crippen molar-refractivity contribution in [3.8, 4) is 0 Å². The molecule has 15 heavy (non-hydrogen) atoms. The fraction of sp³-hybridized carbons (Fsp3) is 0.500. The maximum absolute atomic E-state index is 12.9. The molecule has 0 aliphatic heterocycles. The summed E-state index contributed by atoms with van der Waals surface area (Å²) in [6.07, 6.45) is -2.70. The van der Waals surface area contributed by atoms with Crippen molar-refractivity contribution in [2.45, 2.75) is 25.6 Å². The van der Waals surface area contributed by atoms with Crippen LogP contribution in [-0.2, 0) is 0 Å². The Kier molecular flexibility index (Phi) is 4.96. The molecule has 0 saturated heterocycles. The molecule has 0 heterocycles. The molecule has 88 valence electrons. The van der Waals surface area contributed by atoms with E-state index in [4.69, 9.17) is 0 Å². The van der Waals surface area contributed by atoms with E-state index in [1.54, 1.807) is 42.2 Å². The highest BCUT2D eigenvalue weighted by atomic mass is 127. The first-order chi connectivity index (χ1) is 6.48. The molecule has 0 atom stereocenters. The number of alkyl halides is 2. The van der Waals surface area contributed by atoms with Gasteiger partial charge in [-0.3, -0.25) is 0 Å². The van der Waals surface area contributed by atoms with Crippen LogP contribution in [0.3, 0.4) is 0 Å². The normalized spacial score (nSPS) is 14.1. The lowest BCUT2D eigenvalue weighted by Gasteiger charge is -2.18. The molecule has 0 N–H and O–H groups in total. The molecule has 0 rings (SSSR count). The number of halogens is 6. The van der Waals surface area contributed by atoms with Crippen LogP contribution in [0, 0.1) is 0 Å². The smallest absolute Gasteiger partial charge is 0.199 e. The Bertz CT molecular complexity index is 299. The Hall–Kier alpha value is 0.0769. The fourth-order valence-corrected chi connectivity index (χ4v) is 1.57. The van der Waals surface area contributed by atoms with Crippen molar-refractivity contribution in [2.75, 3.05) is 0 Å². The molecule has 0 aromatic rings. The van der Waals surface area contributed by atoms with E-state index in [1.807, 2.05) is 0 Å². The summed E-state index contributed by atoms with van der Waals surface area (Å²) >= 11 is 1.64. The van der Waals surface area contributed by atoms with Gasteiger partial charge in [0.2, 0.25) is 5.83 Å². The monoisotopic (exact) mass is 356 g/mol. The van der Waals surface area contributed by atoms with E-state index in [-0.39, 0.29) is 9.28 Å². The fourth-order valence-electron chi connectivity index (χ4n) is 0.565. The molecule has 0 spiro atoms. The summed E-state index contributed by atoms with van der Waals surface area (Å²) in [5.41, 5.74) is 0. The van der Waals surface area contributed by atoms with Gasteiger partial charge in [0.15, 0.2) is 0 Å². The van der Waals surface area contributed by atoms with Gasteiger partial charge in [-0.15, -0.1) is 0 Å². The Morgan fingerprint density at radius 3 is 1.80 bits per heavy atom. The van der Waals surface area contributed by atoms with Gasteiger partial charge in [-0.25, -0.2) is 0 Å². The molecule has 0 radical (unpaired) electrons. The van der Waals surface area contributed by atoms with Crippen molar-refractivity contribution in [3.05, 3.63) is 21.2 Å². The third kappa shape index (κ3) is 4.62. The molecular formula is C8H10F5ISi. The minimum absolute atomic E-state index is 0.251. The van der Waals surface area contributed by atoms with Crippen LogP contribution in [0.2, 0.25) is 19.6 Å². The zero-order valence-corrected chi connectivity index (χ0v) is 11.5. The van der Waals surface area contributed by atoms with Crippen molar-refractivity contribution in [1.29, 1.82) is 0 Å². The molecule has 0 aliphatic rings. The second-order valence-electron chi connectivity index (χ2n) is 3.94. The van der Waals surface area contributed by atoms with Crippen LogP contribution in [0.15, 0.2) is 21.2 Å². The Morgan fingerprint density at radius 1 is 1.13 bits per heavy atom. The van der Waals surface area contributed by atoms with Crippen molar-refractivity contribution in [2.24, 2.45) is 0 Å². The number of hydrogen-bond acceptors (Lipinski definition) is 0. The molecule has 0 aliphatic carbocycles. The van der Waals surface area contributed by atoms with E-state index in [9.17, 15) is 22.0 Å². The van der Waals surface area contributed by atoms with E-state index in [0.29, 0.717) is 0 Å². The molecule has 0 saturated carbocycles. The lowest BCUT2D eigenvalue weighted by Crippen LogP contribution is -2.24. The number of hydrogen-bond donors (Lipinski definition) is 0. The average molecular weight is 356 g/mol. The predicted molar refractivity (Wildman–Crippen MR) is 60.7 cm³/mol. The van der Waals surface area contributed by atoms with Crippen LogP contribution in [-0.4, -0.2) is 14.0 Å². The molecular weight excluding hydrogens is 346 g/mol. The van der Waals surface area contributed by atoms with Gasteiger partial charge in [-0.2, -0.15) is 22.0 Å². The van der Waals surface area contributed by atoms with Crippen LogP contribution in [0.5, 0.6) is 0 Å². The Labute approximate surface area is 99.4 Å². The summed E-state index contributed by atoms with van der Waals surface area (Å²) in [6.45, 7) is 5.28. The summed E-state index contributed by atoms with van der Waals surface area (Å²) in [4.78, 5) is 0. The zero-order chi connectivity index (χ0) is 12.4. The van der Waals surface area contributed by atoms with Crippen LogP contribution in [0.1, 0.15) is 0 Å². The zero-order valence-electron chi connectivity index (χ0n) is 8.35. The van der Waals surface area contributed by atoms with E-state index in [2.05, 4.69) is 0 Å². The van der Waals surface area contributed by atoms with E-state index in [0.717, 1.165) is 0 Å². The first kappa shape index (κ1) is 15.1.